The molecule has 18 heteroatoms. The number of aliphatic carboxylic acids is 4. The lowest BCUT2D eigenvalue weighted by molar-refractivity contribution is -0.141. The van der Waals surface area contributed by atoms with Crippen molar-refractivity contribution < 1.29 is 70.2 Å². The minimum absolute atomic E-state index is 0.148. The molecule has 3 rings (SSSR count). The first kappa shape index (κ1) is 36.6. The fourth-order valence-electron chi connectivity index (χ4n) is 4.81. The third-order valence-corrected chi connectivity index (χ3v) is 7.07. The average Bonchev–Trinajstić information content (AvgIpc) is 3.00. The van der Waals surface area contributed by atoms with E-state index in [4.69, 9.17) is 0 Å². The van der Waals surface area contributed by atoms with Crippen LogP contribution in [0, 0.1) is 0 Å². The predicted octanol–water partition coefficient (Wildman–Crippen LogP) is 0.182. The third-order valence-electron chi connectivity index (χ3n) is 7.07. The minimum Gasteiger partial charge on any atom is -0.508 e. The molecule has 0 fully saturated rings. The Morgan fingerprint density at radius 1 is 0.417 bits per heavy atom. The molecule has 3 aromatic rings. The average molecular weight is 675 g/mol. The lowest BCUT2D eigenvalue weighted by Gasteiger charge is -2.22. The van der Waals surface area contributed by atoms with E-state index < -0.39 is 71.0 Å². The molecule has 0 heterocycles. The Bertz CT molecular complexity index is 1550. The zero-order chi connectivity index (χ0) is 35.7. The van der Waals surface area contributed by atoms with Crippen molar-refractivity contribution in [2.75, 3.05) is 26.2 Å². The smallest absolute Gasteiger partial charge is 0.325 e. The number of benzene rings is 3. The molecule has 14 N–H and O–H groups in total. The van der Waals surface area contributed by atoms with Gasteiger partial charge in [0.05, 0.1) is 0 Å². The second-order valence-electron chi connectivity index (χ2n) is 10.4. The van der Waals surface area contributed by atoms with Crippen molar-refractivity contribution in [3.05, 3.63) is 70.8 Å². The molecule has 0 aliphatic heterocycles. The summed E-state index contributed by atoms with van der Waals surface area (Å²) in [4.78, 5) is 47.5. The maximum absolute atomic E-state index is 12.0. The number of hydrogen-bond acceptors (Lipinski definition) is 14. The fourth-order valence-corrected chi connectivity index (χ4v) is 4.81. The second kappa shape index (κ2) is 16.1. The number of phenolic OH excluding ortho intramolecular Hbond substituents is 6. The van der Waals surface area contributed by atoms with Gasteiger partial charge in [-0.15, -0.1) is 0 Å². The van der Waals surface area contributed by atoms with E-state index in [0.29, 0.717) is 0 Å². The van der Waals surface area contributed by atoms with E-state index in [9.17, 15) is 70.2 Å². The number of carboxylic acids is 4. The van der Waals surface area contributed by atoms with Gasteiger partial charge in [-0.1, -0.05) is 0 Å². The van der Waals surface area contributed by atoms with Gasteiger partial charge in [0.2, 0.25) is 0 Å². The quantitative estimate of drug-likeness (QED) is 0.0632. The monoisotopic (exact) mass is 674 g/mol. The molecule has 48 heavy (non-hydrogen) atoms. The maximum Gasteiger partial charge on any atom is 0.325 e. The first-order valence-corrected chi connectivity index (χ1v) is 14.1. The molecule has 0 aliphatic carbocycles. The van der Waals surface area contributed by atoms with Crippen molar-refractivity contribution in [3.63, 3.8) is 0 Å². The van der Waals surface area contributed by atoms with Crippen LogP contribution in [0.25, 0.3) is 0 Å². The Morgan fingerprint density at radius 3 is 0.917 bits per heavy atom. The molecule has 0 amide bonds. The summed E-state index contributed by atoms with van der Waals surface area (Å²) in [7, 11) is 0. The second-order valence-corrected chi connectivity index (χ2v) is 10.4. The summed E-state index contributed by atoms with van der Waals surface area (Å²) < 4.78 is 0. The van der Waals surface area contributed by atoms with Gasteiger partial charge in [-0.2, -0.15) is 0 Å². The summed E-state index contributed by atoms with van der Waals surface area (Å²) in [6, 6.07) is 1.99. The van der Waals surface area contributed by atoms with Crippen LogP contribution in [0.15, 0.2) is 48.5 Å². The van der Waals surface area contributed by atoms with Crippen molar-refractivity contribution in [2.45, 2.75) is 24.2 Å². The Labute approximate surface area is 271 Å². The van der Waals surface area contributed by atoms with Gasteiger partial charge in [-0.05, 0) is 48.5 Å². The number of carboxylic acid groups (broad SMARTS) is 4. The van der Waals surface area contributed by atoms with E-state index in [0.717, 1.165) is 48.5 Å². The van der Waals surface area contributed by atoms with Crippen LogP contribution in [-0.4, -0.2) is 101 Å². The highest BCUT2D eigenvalue weighted by atomic mass is 16.4. The van der Waals surface area contributed by atoms with Gasteiger partial charge in [0.15, 0.2) is 0 Å². The molecular weight excluding hydrogens is 640 g/mol. The van der Waals surface area contributed by atoms with Crippen molar-refractivity contribution in [3.8, 4) is 34.5 Å². The first-order valence-electron chi connectivity index (χ1n) is 14.1. The Hall–Kier alpha value is -5.82. The predicted molar refractivity (Wildman–Crippen MR) is 163 cm³/mol. The number of hydrogen-bond donors (Lipinski definition) is 14. The summed E-state index contributed by atoms with van der Waals surface area (Å²) in [5.74, 6) is -8.66. The number of aromatic hydroxyl groups is 6. The van der Waals surface area contributed by atoms with E-state index in [2.05, 4.69) is 21.3 Å². The van der Waals surface area contributed by atoms with Crippen molar-refractivity contribution in [1.29, 1.82) is 0 Å². The molecule has 0 saturated heterocycles. The first-order chi connectivity index (χ1) is 22.6. The molecule has 0 bridgehead atoms. The highest BCUT2D eigenvalue weighted by Crippen LogP contribution is 2.35. The molecule has 3 aromatic carbocycles. The highest BCUT2D eigenvalue weighted by molar-refractivity contribution is 5.80. The Morgan fingerprint density at radius 2 is 0.667 bits per heavy atom. The van der Waals surface area contributed by atoms with Crippen LogP contribution < -0.4 is 21.3 Å². The molecule has 258 valence electrons. The Balaban J connectivity index is 1.69. The summed E-state index contributed by atoms with van der Waals surface area (Å²) in [6.07, 6.45) is 0. The highest BCUT2D eigenvalue weighted by Gasteiger charge is 2.30. The lowest BCUT2D eigenvalue weighted by Crippen LogP contribution is -2.38. The molecule has 18 nitrogen and oxygen atoms in total. The topological polar surface area (TPSA) is 319 Å². The molecule has 4 unspecified atom stereocenters. The normalized spacial score (nSPS) is 13.7. The van der Waals surface area contributed by atoms with E-state index in [-0.39, 0.29) is 59.9 Å². The zero-order valence-corrected chi connectivity index (χ0v) is 24.9. The van der Waals surface area contributed by atoms with E-state index in [1.54, 1.807) is 0 Å². The van der Waals surface area contributed by atoms with Crippen molar-refractivity contribution in [1.82, 2.24) is 21.3 Å². The largest absolute Gasteiger partial charge is 0.508 e. The van der Waals surface area contributed by atoms with Gasteiger partial charge in [-0.3, -0.25) is 40.4 Å². The number of nitrogens with one attached hydrogen (secondary N) is 4. The van der Waals surface area contributed by atoms with Gasteiger partial charge in [0.1, 0.15) is 58.7 Å². The number of phenols is 6. The molecule has 0 spiro atoms. The SMILES string of the molecule is O=C(O)C(NCCNC(C(=O)O)c1cc(O)c(C(NCCNC(C(=O)O)c2cc(O)ccc2O)C(=O)O)cc1O)c1cc(O)ccc1O. The third kappa shape index (κ3) is 9.13. The van der Waals surface area contributed by atoms with Gasteiger partial charge in [-0.25, -0.2) is 0 Å². The molecule has 0 aromatic heterocycles. The van der Waals surface area contributed by atoms with Crippen LogP contribution in [0.4, 0.5) is 0 Å². The standard InChI is InChI=1S/C30H34N4O14/c35-13-1-3-19(37)15(9-13)23(27(41)42)31-5-7-33-25(29(45)46)17-11-22(40)18(12-21(17)39)26(30(47)48)34-8-6-32-24(28(43)44)16-10-14(36)2-4-20(16)38/h1-4,9-12,23-26,31-40H,5-8H2,(H,41,42)(H,43,44)(H,45,46)(H,47,48). The summed E-state index contributed by atoms with van der Waals surface area (Å²) >= 11 is 0. The molecule has 0 saturated carbocycles. The van der Waals surface area contributed by atoms with Crippen LogP contribution in [0.3, 0.4) is 0 Å². The zero-order valence-electron chi connectivity index (χ0n) is 24.9. The summed E-state index contributed by atoms with van der Waals surface area (Å²) in [6.45, 7) is -0.806. The van der Waals surface area contributed by atoms with Gasteiger partial charge in [0, 0.05) is 48.4 Å². The number of rotatable bonds is 18. The molecule has 0 aliphatic rings. The summed E-state index contributed by atoms with van der Waals surface area (Å²) in [5.41, 5.74) is -1.01. The summed E-state index contributed by atoms with van der Waals surface area (Å²) in [5, 5.41) is 110. The minimum atomic E-state index is -1.66. The van der Waals surface area contributed by atoms with E-state index in [1.165, 1.54) is 0 Å². The van der Waals surface area contributed by atoms with Crippen LogP contribution in [-0.2, 0) is 19.2 Å². The Kier molecular flexibility index (Phi) is 12.3. The van der Waals surface area contributed by atoms with Gasteiger partial charge < -0.3 is 51.1 Å². The van der Waals surface area contributed by atoms with Gasteiger partial charge >= 0.3 is 23.9 Å². The lowest BCUT2D eigenvalue weighted by atomic mass is 9.98. The van der Waals surface area contributed by atoms with Crippen LogP contribution in [0.5, 0.6) is 34.5 Å². The van der Waals surface area contributed by atoms with Gasteiger partial charge in [0.25, 0.3) is 0 Å². The van der Waals surface area contributed by atoms with Crippen molar-refractivity contribution in [2.24, 2.45) is 0 Å². The van der Waals surface area contributed by atoms with Crippen molar-refractivity contribution >= 4 is 23.9 Å². The molecule has 0 radical (unpaired) electrons. The van der Waals surface area contributed by atoms with Crippen LogP contribution >= 0.6 is 0 Å². The fraction of sp³-hybridized carbons (Fsp3) is 0.267. The van der Waals surface area contributed by atoms with Crippen LogP contribution in [0.1, 0.15) is 46.4 Å². The van der Waals surface area contributed by atoms with E-state index in [1.807, 2.05) is 0 Å². The van der Waals surface area contributed by atoms with Crippen LogP contribution in [0.2, 0.25) is 0 Å². The maximum atomic E-state index is 12.0. The molecule has 4 atom stereocenters. The molecular formula is C30H34N4O14. The van der Waals surface area contributed by atoms with E-state index >= 15 is 0 Å². The number of carbonyl (C=O) groups is 4.